The Morgan fingerprint density at radius 1 is 0.529 bits per heavy atom. The highest BCUT2D eigenvalue weighted by atomic mass is 14.6. The average Bonchev–Trinajstić information content (AvgIpc) is 2.57. The summed E-state index contributed by atoms with van der Waals surface area (Å²) < 4.78 is 0. The Balaban J connectivity index is 2.34. The molecule has 0 N–H and O–H groups in total. The molecule has 2 fully saturated rings. The first kappa shape index (κ1) is 13.4. The van der Waals surface area contributed by atoms with E-state index in [0.29, 0.717) is 0 Å². The Bertz CT molecular complexity index is 269. The lowest BCUT2D eigenvalue weighted by Gasteiger charge is -2.48. The molecule has 0 aliphatic heterocycles. The number of hydrogen-bond acceptors (Lipinski definition) is 0. The molecule has 0 aromatic carbocycles. The van der Waals surface area contributed by atoms with Gasteiger partial charge in [-0.2, -0.15) is 0 Å². The highest BCUT2D eigenvalue weighted by molar-refractivity contribution is 5.02. The first-order valence-corrected chi connectivity index (χ1v) is 7.91. The Labute approximate surface area is 109 Å². The van der Waals surface area contributed by atoms with Crippen molar-refractivity contribution in [1.82, 2.24) is 0 Å². The zero-order valence-corrected chi connectivity index (χ0v) is 12.9. The van der Waals surface area contributed by atoms with Crippen molar-refractivity contribution < 1.29 is 0 Å². The Morgan fingerprint density at radius 3 is 1.41 bits per heavy atom. The maximum Gasteiger partial charge on any atom is -0.0321 e. The second-order valence-electron chi connectivity index (χ2n) is 7.38. The Hall–Kier alpha value is 0. The zero-order valence-electron chi connectivity index (χ0n) is 12.9. The zero-order chi connectivity index (χ0) is 12.9. The number of rotatable bonds is 1. The number of fused-ring (bicyclic) bond motifs is 1. The number of hydrogen-bond donors (Lipinski definition) is 0. The monoisotopic (exact) mass is 236 g/mol. The fourth-order valence-corrected chi connectivity index (χ4v) is 5.60. The summed E-state index contributed by atoms with van der Waals surface area (Å²) in [7, 11) is 0. The van der Waals surface area contributed by atoms with Crippen molar-refractivity contribution >= 4 is 0 Å². The molecule has 0 spiro atoms. The van der Waals surface area contributed by atoms with E-state index in [1.54, 1.807) is 0 Å². The van der Waals surface area contributed by atoms with Gasteiger partial charge >= 0.3 is 0 Å². The molecule has 0 heteroatoms. The van der Waals surface area contributed by atoms with E-state index < -0.39 is 0 Å². The van der Waals surface area contributed by atoms with Gasteiger partial charge in [-0.05, 0) is 53.3 Å². The van der Waals surface area contributed by atoms with Crippen molar-refractivity contribution in [3.05, 3.63) is 0 Å². The summed E-state index contributed by atoms with van der Waals surface area (Å²) in [5.74, 6) is 8.57. The molecule has 2 rings (SSSR count). The molecule has 0 aromatic rings. The molecule has 100 valence electrons. The van der Waals surface area contributed by atoms with E-state index in [1.165, 1.54) is 6.42 Å². The molecule has 17 heavy (non-hydrogen) atoms. The molecule has 0 nitrogen and oxygen atoms in total. The molecule has 0 radical (unpaired) electrons. The Morgan fingerprint density at radius 2 is 0.941 bits per heavy atom. The molecule has 2 saturated carbocycles. The quantitative estimate of drug-likeness (QED) is 0.595. The summed E-state index contributed by atoms with van der Waals surface area (Å²) in [6.07, 6.45) is 1.39. The van der Waals surface area contributed by atoms with Crippen LogP contribution in [0.4, 0.5) is 0 Å². The molecular formula is C17H32. The van der Waals surface area contributed by atoms with Gasteiger partial charge in [0.05, 0.1) is 0 Å². The normalized spacial score (nSPS) is 59.1. The first-order chi connectivity index (χ1) is 7.91. The minimum absolute atomic E-state index is 0.913. The van der Waals surface area contributed by atoms with E-state index >= 15 is 0 Å². The third-order valence-corrected chi connectivity index (χ3v) is 7.22. The van der Waals surface area contributed by atoms with E-state index in [-0.39, 0.29) is 0 Å². The van der Waals surface area contributed by atoms with Crippen LogP contribution in [0, 0.1) is 53.3 Å². The average molecular weight is 236 g/mol. The fourth-order valence-electron chi connectivity index (χ4n) is 5.60. The summed E-state index contributed by atoms with van der Waals surface area (Å²) in [5, 5.41) is 0. The maximum absolute atomic E-state index is 2.54. The van der Waals surface area contributed by atoms with Gasteiger partial charge in [0.15, 0.2) is 0 Å². The van der Waals surface area contributed by atoms with Crippen molar-refractivity contribution in [2.45, 2.75) is 54.9 Å². The second kappa shape index (κ2) is 4.59. The third-order valence-electron chi connectivity index (χ3n) is 7.22. The first-order valence-electron chi connectivity index (χ1n) is 7.91. The topological polar surface area (TPSA) is 0 Å². The minimum atomic E-state index is 0.913. The van der Waals surface area contributed by atoms with Crippen LogP contribution in [-0.2, 0) is 0 Å². The molecule has 0 aromatic heterocycles. The lowest BCUT2D eigenvalue weighted by Crippen LogP contribution is -2.43. The van der Waals surface area contributed by atoms with E-state index in [9.17, 15) is 0 Å². The summed E-state index contributed by atoms with van der Waals surface area (Å²) in [6.45, 7) is 17.5. The largest absolute Gasteiger partial charge is 0.0651 e. The van der Waals surface area contributed by atoms with Crippen molar-refractivity contribution in [3.8, 4) is 0 Å². The predicted octanol–water partition coefficient (Wildman–Crippen LogP) is 5.09. The highest BCUT2D eigenvalue weighted by Gasteiger charge is 2.54. The second-order valence-corrected chi connectivity index (χ2v) is 7.38. The van der Waals surface area contributed by atoms with Crippen molar-refractivity contribution in [1.29, 1.82) is 0 Å². The summed E-state index contributed by atoms with van der Waals surface area (Å²) in [4.78, 5) is 0. The van der Waals surface area contributed by atoms with Gasteiger partial charge < -0.3 is 0 Å². The van der Waals surface area contributed by atoms with Gasteiger partial charge in [-0.15, -0.1) is 0 Å². The molecule has 9 atom stereocenters. The van der Waals surface area contributed by atoms with Gasteiger partial charge in [0.1, 0.15) is 0 Å². The van der Waals surface area contributed by atoms with Crippen LogP contribution in [0.1, 0.15) is 54.9 Å². The van der Waals surface area contributed by atoms with E-state index in [2.05, 4.69) is 48.5 Å². The lowest BCUT2D eigenvalue weighted by atomic mass is 9.57. The molecule has 0 amide bonds. The van der Waals surface area contributed by atoms with Crippen LogP contribution in [0.5, 0.6) is 0 Å². The third kappa shape index (κ3) is 1.78. The van der Waals surface area contributed by atoms with Crippen LogP contribution in [0.25, 0.3) is 0 Å². The van der Waals surface area contributed by atoms with Crippen LogP contribution < -0.4 is 0 Å². The van der Waals surface area contributed by atoms with E-state index in [1.807, 2.05) is 0 Å². The molecule has 0 saturated heterocycles. The van der Waals surface area contributed by atoms with Crippen LogP contribution in [0.15, 0.2) is 0 Å². The van der Waals surface area contributed by atoms with Crippen LogP contribution in [0.2, 0.25) is 0 Å². The molecule has 2 aliphatic carbocycles. The van der Waals surface area contributed by atoms with Crippen LogP contribution in [-0.4, -0.2) is 0 Å². The maximum atomic E-state index is 2.54. The van der Waals surface area contributed by atoms with Gasteiger partial charge in [-0.3, -0.25) is 0 Å². The van der Waals surface area contributed by atoms with E-state index in [0.717, 1.165) is 53.3 Å². The molecule has 0 heterocycles. The molecule has 2 aliphatic rings. The molecule has 9 unspecified atom stereocenters. The minimum Gasteiger partial charge on any atom is -0.0651 e. The van der Waals surface area contributed by atoms with Gasteiger partial charge in [-0.1, -0.05) is 54.9 Å². The van der Waals surface area contributed by atoms with Crippen molar-refractivity contribution in [3.63, 3.8) is 0 Å². The fraction of sp³-hybridized carbons (Fsp3) is 1.00. The molecule has 0 bridgehead atoms. The van der Waals surface area contributed by atoms with Gasteiger partial charge in [0.25, 0.3) is 0 Å². The smallest absolute Gasteiger partial charge is 0.0321 e. The van der Waals surface area contributed by atoms with Gasteiger partial charge in [-0.25, -0.2) is 0 Å². The standard InChI is InChI=1S/C17H32/c1-8-15-11(4)14(7)16-12(5)9(2)10(3)13(6)17(15)16/h9-17H,8H2,1-7H3. The predicted molar refractivity (Wildman–Crippen MR) is 75.7 cm³/mol. The Kier molecular flexibility index (Phi) is 3.63. The van der Waals surface area contributed by atoms with Gasteiger partial charge in [0, 0.05) is 0 Å². The lowest BCUT2D eigenvalue weighted by molar-refractivity contribution is -0.000654. The molecular weight excluding hydrogens is 204 g/mol. The van der Waals surface area contributed by atoms with Crippen LogP contribution >= 0.6 is 0 Å². The summed E-state index contributed by atoms with van der Waals surface area (Å²) in [6, 6.07) is 0. The van der Waals surface area contributed by atoms with Crippen molar-refractivity contribution in [2.24, 2.45) is 53.3 Å². The summed E-state index contributed by atoms with van der Waals surface area (Å²) >= 11 is 0. The van der Waals surface area contributed by atoms with Crippen LogP contribution in [0.3, 0.4) is 0 Å². The summed E-state index contributed by atoms with van der Waals surface area (Å²) in [5.41, 5.74) is 0. The van der Waals surface area contributed by atoms with Gasteiger partial charge in [0.2, 0.25) is 0 Å². The SMILES string of the molecule is CCC1C(C)C(C)C2C(C)C(C)C(C)C(C)C12. The highest BCUT2D eigenvalue weighted by Crippen LogP contribution is 2.59. The van der Waals surface area contributed by atoms with Crippen molar-refractivity contribution in [2.75, 3.05) is 0 Å². The van der Waals surface area contributed by atoms with E-state index in [4.69, 9.17) is 0 Å².